The number of amides is 1. The summed E-state index contributed by atoms with van der Waals surface area (Å²) >= 11 is 0. The van der Waals surface area contributed by atoms with Crippen molar-refractivity contribution in [3.63, 3.8) is 0 Å². The van der Waals surface area contributed by atoms with E-state index in [2.05, 4.69) is 36.4 Å². The van der Waals surface area contributed by atoms with Crippen molar-refractivity contribution < 1.29 is 9.53 Å². The quantitative estimate of drug-likeness (QED) is 0.354. The molecule has 0 aromatic heterocycles. The summed E-state index contributed by atoms with van der Waals surface area (Å²) in [5, 5.41) is 6.47. The van der Waals surface area contributed by atoms with Gasteiger partial charge in [0.2, 0.25) is 5.91 Å². The van der Waals surface area contributed by atoms with Gasteiger partial charge in [-0.3, -0.25) is 9.79 Å². The molecule has 4 N–H and O–H groups in total. The fourth-order valence-corrected chi connectivity index (χ4v) is 2.17. The van der Waals surface area contributed by atoms with Crippen LogP contribution in [0.4, 0.5) is 0 Å². The van der Waals surface area contributed by atoms with Crippen LogP contribution >= 0.6 is 24.0 Å². The van der Waals surface area contributed by atoms with Crippen LogP contribution in [0.1, 0.15) is 36.7 Å². The second kappa shape index (κ2) is 10.5. The highest BCUT2D eigenvalue weighted by atomic mass is 127. The number of guanidine groups is 1. The molecule has 0 heterocycles. The number of aliphatic imine (C=N–C) groups is 1. The van der Waals surface area contributed by atoms with Gasteiger partial charge in [-0.2, -0.15) is 0 Å². The Morgan fingerprint density at radius 2 is 2.00 bits per heavy atom. The number of rotatable bonds is 6. The minimum Gasteiger partial charge on any atom is -0.379 e. The molecule has 1 aromatic carbocycles. The van der Waals surface area contributed by atoms with Crippen molar-refractivity contribution in [3.05, 3.63) is 35.4 Å². The van der Waals surface area contributed by atoms with Crippen LogP contribution in [0, 0.1) is 5.41 Å². The Morgan fingerprint density at radius 3 is 2.50 bits per heavy atom. The summed E-state index contributed by atoms with van der Waals surface area (Å²) in [4.78, 5) is 15.4. The molecule has 0 saturated heterocycles. The first kappa shape index (κ1) is 22.6. The first-order valence-corrected chi connectivity index (χ1v) is 7.64. The minimum absolute atomic E-state index is 0. The van der Waals surface area contributed by atoms with Gasteiger partial charge in [0.15, 0.2) is 5.96 Å². The molecule has 1 unspecified atom stereocenters. The van der Waals surface area contributed by atoms with Gasteiger partial charge in [-0.1, -0.05) is 32.9 Å². The summed E-state index contributed by atoms with van der Waals surface area (Å²) in [6.45, 7) is 7.60. The molecule has 0 aliphatic carbocycles. The Labute approximate surface area is 161 Å². The molecule has 0 radical (unpaired) electrons. The lowest BCUT2D eigenvalue weighted by Gasteiger charge is -2.30. The van der Waals surface area contributed by atoms with Gasteiger partial charge in [0.05, 0.1) is 6.10 Å². The first-order chi connectivity index (χ1) is 10.8. The van der Waals surface area contributed by atoms with E-state index in [1.807, 2.05) is 12.1 Å². The van der Waals surface area contributed by atoms with Gasteiger partial charge in [0, 0.05) is 32.8 Å². The van der Waals surface area contributed by atoms with Crippen molar-refractivity contribution in [1.29, 1.82) is 0 Å². The highest BCUT2D eigenvalue weighted by Gasteiger charge is 2.24. The zero-order valence-corrected chi connectivity index (χ0v) is 17.4. The van der Waals surface area contributed by atoms with Gasteiger partial charge in [-0.25, -0.2) is 0 Å². The van der Waals surface area contributed by atoms with E-state index in [0.29, 0.717) is 24.6 Å². The number of methoxy groups -OCH3 is 1. The number of carbonyl (C=O) groups excluding carboxylic acids is 1. The molecule has 0 fully saturated rings. The number of hydrogen-bond acceptors (Lipinski definition) is 3. The smallest absolute Gasteiger partial charge is 0.248 e. The van der Waals surface area contributed by atoms with E-state index in [4.69, 9.17) is 10.5 Å². The van der Waals surface area contributed by atoms with E-state index in [9.17, 15) is 4.79 Å². The fourth-order valence-electron chi connectivity index (χ4n) is 2.17. The van der Waals surface area contributed by atoms with Gasteiger partial charge in [0.25, 0.3) is 0 Å². The molecular formula is C17H29IN4O2. The molecule has 0 saturated carbocycles. The molecule has 7 heteroatoms. The predicted molar refractivity (Wildman–Crippen MR) is 109 cm³/mol. The minimum atomic E-state index is -0.428. The normalized spacial score (nSPS) is 13.0. The van der Waals surface area contributed by atoms with Crippen LogP contribution in [0.5, 0.6) is 0 Å². The lowest BCUT2D eigenvalue weighted by atomic mass is 9.89. The number of halogens is 1. The SMILES string of the molecule is CN=C(NCc1cccc(C(N)=O)c1)NCC(OC)C(C)(C)C.I. The monoisotopic (exact) mass is 448 g/mol. The van der Waals surface area contributed by atoms with Crippen molar-refractivity contribution in [2.45, 2.75) is 33.4 Å². The van der Waals surface area contributed by atoms with Crippen molar-refractivity contribution in [2.75, 3.05) is 20.7 Å². The maximum atomic E-state index is 11.2. The Hall–Kier alpha value is -1.35. The summed E-state index contributed by atoms with van der Waals surface area (Å²) in [7, 11) is 3.43. The zero-order chi connectivity index (χ0) is 17.5. The third-order valence-corrected chi connectivity index (χ3v) is 3.60. The van der Waals surface area contributed by atoms with Crippen molar-refractivity contribution in [3.8, 4) is 0 Å². The second-order valence-corrected chi connectivity index (χ2v) is 6.46. The van der Waals surface area contributed by atoms with Gasteiger partial charge >= 0.3 is 0 Å². The molecule has 1 amide bonds. The van der Waals surface area contributed by atoms with E-state index >= 15 is 0 Å². The van der Waals surface area contributed by atoms with Crippen molar-refractivity contribution >= 4 is 35.8 Å². The second-order valence-electron chi connectivity index (χ2n) is 6.46. The molecule has 0 spiro atoms. The van der Waals surface area contributed by atoms with E-state index in [0.717, 1.165) is 5.56 Å². The summed E-state index contributed by atoms with van der Waals surface area (Å²) in [5.74, 6) is 0.253. The standard InChI is InChI=1S/C17H28N4O2.HI/c1-17(2,3)14(23-5)11-21-16(19-4)20-10-12-7-6-8-13(9-12)15(18)22;/h6-9,14H,10-11H2,1-5H3,(H2,18,22)(H2,19,20,21);1H. The van der Waals surface area contributed by atoms with Crippen LogP contribution in [-0.4, -0.2) is 38.7 Å². The average Bonchev–Trinajstić information content (AvgIpc) is 2.49. The predicted octanol–water partition coefficient (Wildman–Crippen LogP) is 2.13. The largest absolute Gasteiger partial charge is 0.379 e. The number of nitrogens with zero attached hydrogens (tertiary/aromatic N) is 1. The Balaban J connectivity index is 0.00000529. The molecule has 1 atom stereocenters. The molecule has 1 rings (SSSR count). The number of carbonyl (C=O) groups is 1. The van der Waals surface area contributed by atoms with Crippen LogP contribution < -0.4 is 16.4 Å². The fraction of sp³-hybridized carbons (Fsp3) is 0.529. The van der Waals surface area contributed by atoms with E-state index in [1.165, 1.54) is 0 Å². The van der Waals surface area contributed by atoms with E-state index < -0.39 is 5.91 Å². The molecule has 0 bridgehead atoms. The number of benzene rings is 1. The maximum Gasteiger partial charge on any atom is 0.248 e. The molecule has 136 valence electrons. The molecule has 24 heavy (non-hydrogen) atoms. The first-order valence-electron chi connectivity index (χ1n) is 7.64. The van der Waals surface area contributed by atoms with E-state index in [-0.39, 0.29) is 35.5 Å². The van der Waals surface area contributed by atoms with Crippen LogP contribution in [-0.2, 0) is 11.3 Å². The molecule has 1 aromatic rings. The number of primary amides is 1. The molecule has 0 aliphatic heterocycles. The molecule has 0 aliphatic rings. The average molecular weight is 448 g/mol. The number of hydrogen-bond donors (Lipinski definition) is 3. The lowest BCUT2D eigenvalue weighted by Crippen LogP contribution is -2.45. The van der Waals surface area contributed by atoms with Gasteiger partial charge in [-0.05, 0) is 23.1 Å². The summed E-state index contributed by atoms with van der Waals surface area (Å²) in [5.41, 5.74) is 6.79. The summed E-state index contributed by atoms with van der Waals surface area (Å²) < 4.78 is 5.52. The number of nitrogens with two attached hydrogens (primary N) is 1. The van der Waals surface area contributed by atoms with E-state index in [1.54, 1.807) is 26.3 Å². The van der Waals surface area contributed by atoms with Gasteiger partial charge < -0.3 is 21.1 Å². The highest BCUT2D eigenvalue weighted by molar-refractivity contribution is 14.0. The van der Waals surface area contributed by atoms with Crippen molar-refractivity contribution in [1.82, 2.24) is 10.6 Å². The van der Waals surface area contributed by atoms with Crippen LogP contribution in [0.3, 0.4) is 0 Å². The zero-order valence-electron chi connectivity index (χ0n) is 15.1. The summed E-state index contributed by atoms with van der Waals surface area (Å²) in [6, 6.07) is 7.22. The van der Waals surface area contributed by atoms with Gasteiger partial charge in [-0.15, -0.1) is 24.0 Å². The third kappa shape index (κ3) is 7.48. The number of ether oxygens (including phenoxy) is 1. The lowest BCUT2D eigenvalue weighted by molar-refractivity contribution is 0.0205. The molecular weight excluding hydrogens is 419 g/mol. The van der Waals surface area contributed by atoms with Crippen LogP contribution in [0.2, 0.25) is 0 Å². The van der Waals surface area contributed by atoms with Crippen LogP contribution in [0.25, 0.3) is 0 Å². The maximum absolute atomic E-state index is 11.2. The van der Waals surface area contributed by atoms with Crippen LogP contribution in [0.15, 0.2) is 29.3 Å². The highest BCUT2D eigenvalue weighted by Crippen LogP contribution is 2.20. The summed E-state index contributed by atoms with van der Waals surface area (Å²) in [6.07, 6.45) is 0.0687. The Bertz CT molecular complexity index is 556. The Morgan fingerprint density at radius 1 is 1.33 bits per heavy atom. The van der Waals surface area contributed by atoms with Gasteiger partial charge in [0.1, 0.15) is 0 Å². The van der Waals surface area contributed by atoms with Crippen molar-refractivity contribution in [2.24, 2.45) is 16.1 Å². The topological polar surface area (TPSA) is 88.7 Å². The molecule has 6 nitrogen and oxygen atoms in total. The third-order valence-electron chi connectivity index (χ3n) is 3.60. The number of nitrogens with one attached hydrogen (secondary N) is 2. The Kier molecular flexibility index (Phi) is 9.91.